The van der Waals surface area contributed by atoms with Crippen LogP contribution in [0.25, 0.3) is 0 Å². The zero-order valence-corrected chi connectivity index (χ0v) is 7.62. The number of likely N-dealkylation sites (tertiary alicyclic amines) is 1. The number of Topliss-reactive ketones (excluding diaryl/α,β-unsaturated/α-hetero) is 1. The maximum Gasteiger partial charge on any atom is 0.138 e. The number of carbonyl (C=O) groups excluding carboxylic acids is 1. The largest absolute Gasteiger partial charge is 0.395 e. The molecule has 1 aliphatic rings. The summed E-state index contributed by atoms with van der Waals surface area (Å²) in [6, 6.07) is 0. The number of aliphatic hydroxyl groups is 1. The van der Waals surface area contributed by atoms with Crippen LogP contribution in [-0.2, 0) is 4.79 Å². The predicted octanol–water partition coefficient (Wildman–Crippen LogP) is 0.280. The van der Waals surface area contributed by atoms with E-state index in [1.807, 2.05) is 6.92 Å². The minimum atomic E-state index is 0.199. The quantitative estimate of drug-likeness (QED) is 0.663. The van der Waals surface area contributed by atoms with Crippen molar-refractivity contribution in [1.29, 1.82) is 0 Å². The molecule has 1 fully saturated rings. The molecular formula is C9H17NO2. The number of piperidine rings is 1. The van der Waals surface area contributed by atoms with Gasteiger partial charge in [0.15, 0.2) is 0 Å². The van der Waals surface area contributed by atoms with E-state index in [2.05, 4.69) is 4.90 Å². The average molecular weight is 171 g/mol. The van der Waals surface area contributed by atoms with Crippen molar-refractivity contribution in [3.05, 3.63) is 0 Å². The molecule has 0 aromatic carbocycles. The van der Waals surface area contributed by atoms with Gasteiger partial charge in [-0.05, 0) is 6.42 Å². The summed E-state index contributed by atoms with van der Waals surface area (Å²) in [6.45, 7) is 4.63. The van der Waals surface area contributed by atoms with Gasteiger partial charge in [-0.25, -0.2) is 0 Å². The fourth-order valence-corrected chi connectivity index (χ4v) is 1.68. The Kier molecular flexibility index (Phi) is 3.69. The van der Waals surface area contributed by atoms with Crippen molar-refractivity contribution in [3.8, 4) is 0 Å². The minimum Gasteiger partial charge on any atom is -0.395 e. The van der Waals surface area contributed by atoms with E-state index in [9.17, 15) is 4.79 Å². The number of β-amino-alcohol motifs (C(OH)–C–C–N with tert-alkyl or cyclic N) is 1. The first kappa shape index (κ1) is 9.68. The number of aliphatic hydroxyl groups excluding tert-OH is 1. The molecule has 1 atom stereocenters. The highest BCUT2D eigenvalue weighted by atomic mass is 16.3. The highest BCUT2D eigenvalue weighted by Gasteiger charge is 2.24. The topological polar surface area (TPSA) is 40.5 Å². The van der Waals surface area contributed by atoms with E-state index in [1.165, 1.54) is 0 Å². The van der Waals surface area contributed by atoms with Crippen LogP contribution in [0.5, 0.6) is 0 Å². The molecule has 0 aliphatic carbocycles. The Labute approximate surface area is 73.4 Å². The number of nitrogens with zero attached hydrogens (tertiary/aromatic N) is 1. The third-order valence-corrected chi connectivity index (χ3v) is 2.52. The van der Waals surface area contributed by atoms with E-state index in [4.69, 9.17) is 5.11 Å². The number of ketones is 1. The van der Waals surface area contributed by atoms with E-state index >= 15 is 0 Å². The number of hydrogen-bond donors (Lipinski definition) is 1. The lowest BCUT2D eigenvalue weighted by Crippen LogP contribution is -2.41. The summed E-state index contributed by atoms with van der Waals surface area (Å²) < 4.78 is 0. The second-order valence-corrected chi connectivity index (χ2v) is 3.35. The summed E-state index contributed by atoms with van der Waals surface area (Å²) in [5.41, 5.74) is 0. The van der Waals surface area contributed by atoms with Crippen LogP contribution in [0.15, 0.2) is 0 Å². The third-order valence-electron chi connectivity index (χ3n) is 2.52. The van der Waals surface area contributed by atoms with Crippen LogP contribution in [0.1, 0.15) is 19.8 Å². The molecule has 0 bridgehead atoms. The normalized spacial score (nSPS) is 26.2. The summed E-state index contributed by atoms with van der Waals surface area (Å²) >= 11 is 0. The van der Waals surface area contributed by atoms with Crippen molar-refractivity contribution in [2.45, 2.75) is 19.8 Å². The molecule has 3 heteroatoms. The fourth-order valence-electron chi connectivity index (χ4n) is 1.68. The zero-order chi connectivity index (χ0) is 8.97. The van der Waals surface area contributed by atoms with Crippen LogP contribution >= 0.6 is 0 Å². The van der Waals surface area contributed by atoms with Gasteiger partial charge in [-0.2, -0.15) is 0 Å². The van der Waals surface area contributed by atoms with Gasteiger partial charge in [0, 0.05) is 32.0 Å². The first-order valence-corrected chi connectivity index (χ1v) is 4.63. The summed E-state index contributed by atoms with van der Waals surface area (Å²) in [4.78, 5) is 13.4. The highest BCUT2D eigenvalue weighted by Crippen LogP contribution is 2.15. The summed E-state index contributed by atoms with van der Waals surface area (Å²) in [5, 5.41) is 8.72. The minimum absolute atomic E-state index is 0.199. The standard InChI is InChI=1S/C9H17NO2/c1-2-8-7-10(5-6-11)4-3-9(8)12/h8,11H,2-7H2,1H3. The van der Waals surface area contributed by atoms with E-state index in [0.717, 1.165) is 19.5 Å². The molecule has 70 valence electrons. The van der Waals surface area contributed by atoms with Gasteiger partial charge in [-0.1, -0.05) is 6.92 Å². The lowest BCUT2D eigenvalue weighted by atomic mass is 9.94. The Bertz CT molecular complexity index is 159. The molecule has 1 heterocycles. The molecule has 0 aromatic rings. The maximum absolute atomic E-state index is 11.3. The Morgan fingerprint density at radius 1 is 1.67 bits per heavy atom. The van der Waals surface area contributed by atoms with Crippen LogP contribution in [-0.4, -0.2) is 42.0 Å². The summed E-state index contributed by atoms with van der Waals surface area (Å²) in [5.74, 6) is 0.608. The molecule has 1 saturated heterocycles. The van der Waals surface area contributed by atoms with E-state index in [0.29, 0.717) is 18.7 Å². The van der Waals surface area contributed by atoms with Gasteiger partial charge < -0.3 is 5.11 Å². The van der Waals surface area contributed by atoms with Crippen molar-refractivity contribution in [2.75, 3.05) is 26.2 Å². The lowest BCUT2D eigenvalue weighted by molar-refractivity contribution is -0.126. The molecule has 1 aliphatic heterocycles. The molecule has 1 N–H and O–H groups in total. The molecule has 0 amide bonds. The summed E-state index contributed by atoms with van der Waals surface area (Å²) in [6.07, 6.45) is 1.60. The predicted molar refractivity (Wildman–Crippen MR) is 46.9 cm³/mol. The monoisotopic (exact) mass is 171 g/mol. The molecule has 0 saturated carbocycles. The Morgan fingerprint density at radius 2 is 2.42 bits per heavy atom. The van der Waals surface area contributed by atoms with Gasteiger partial charge >= 0.3 is 0 Å². The molecule has 3 nitrogen and oxygen atoms in total. The van der Waals surface area contributed by atoms with Gasteiger partial charge in [0.05, 0.1) is 6.61 Å². The summed E-state index contributed by atoms with van der Waals surface area (Å²) in [7, 11) is 0. The zero-order valence-electron chi connectivity index (χ0n) is 7.62. The van der Waals surface area contributed by atoms with Gasteiger partial charge in [-0.3, -0.25) is 9.69 Å². The van der Waals surface area contributed by atoms with Gasteiger partial charge in [0.25, 0.3) is 0 Å². The average Bonchev–Trinajstić information content (AvgIpc) is 2.09. The van der Waals surface area contributed by atoms with Gasteiger partial charge in [0.1, 0.15) is 5.78 Å². The van der Waals surface area contributed by atoms with Crippen LogP contribution in [0.3, 0.4) is 0 Å². The van der Waals surface area contributed by atoms with E-state index in [1.54, 1.807) is 0 Å². The van der Waals surface area contributed by atoms with E-state index in [-0.39, 0.29) is 12.5 Å². The molecule has 0 radical (unpaired) electrons. The fraction of sp³-hybridized carbons (Fsp3) is 0.889. The van der Waals surface area contributed by atoms with Crippen molar-refractivity contribution < 1.29 is 9.90 Å². The van der Waals surface area contributed by atoms with Gasteiger partial charge in [-0.15, -0.1) is 0 Å². The van der Waals surface area contributed by atoms with Crippen LogP contribution in [0, 0.1) is 5.92 Å². The number of hydrogen-bond acceptors (Lipinski definition) is 3. The third kappa shape index (κ3) is 2.29. The molecule has 0 aromatic heterocycles. The first-order chi connectivity index (χ1) is 5.77. The SMILES string of the molecule is CCC1CN(CCO)CCC1=O. The van der Waals surface area contributed by atoms with Crippen molar-refractivity contribution in [3.63, 3.8) is 0 Å². The Hall–Kier alpha value is -0.410. The Morgan fingerprint density at radius 3 is 3.00 bits per heavy atom. The molecule has 1 rings (SSSR count). The van der Waals surface area contributed by atoms with Gasteiger partial charge in [0.2, 0.25) is 0 Å². The first-order valence-electron chi connectivity index (χ1n) is 4.63. The van der Waals surface area contributed by atoms with Crippen molar-refractivity contribution in [2.24, 2.45) is 5.92 Å². The van der Waals surface area contributed by atoms with Crippen LogP contribution < -0.4 is 0 Å². The molecule has 0 spiro atoms. The van der Waals surface area contributed by atoms with Crippen LogP contribution in [0.4, 0.5) is 0 Å². The Balaban J connectivity index is 2.38. The smallest absolute Gasteiger partial charge is 0.138 e. The van der Waals surface area contributed by atoms with Crippen molar-refractivity contribution >= 4 is 5.78 Å². The molecular weight excluding hydrogens is 154 g/mol. The van der Waals surface area contributed by atoms with E-state index < -0.39 is 0 Å². The maximum atomic E-state index is 11.3. The number of rotatable bonds is 3. The molecule has 12 heavy (non-hydrogen) atoms. The highest BCUT2D eigenvalue weighted by molar-refractivity contribution is 5.82. The second kappa shape index (κ2) is 4.58. The van der Waals surface area contributed by atoms with Crippen LogP contribution in [0.2, 0.25) is 0 Å². The second-order valence-electron chi connectivity index (χ2n) is 3.35. The van der Waals surface area contributed by atoms with Crippen molar-refractivity contribution in [1.82, 2.24) is 4.90 Å². The number of carbonyl (C=O) groups is 1. The lowest BCUT2D eigenvalue weighted by Gasteiger charge is -2.30. The molecule has 1 unspecified atom stereocenters.